The van der Waals surface area contributed by atoms with Gasteiger partial charge in [0.15, 0.2) is 0 Å². The first-order valence-corrected chi connectivity index (χ1v) is 7.69. The molecule has 1 fully saturated rings. The molecule has 1 saturated heterocycles. The zero-order valence-electron chi connectivity index (χ0n) is 13.3. The highest BCUT2D eigenvalue weighted by molar-refractivity contribution is 5.67. The van der Waals surface area contributed by atoms with Crippen molar-refractivity contribution in [3.63, 3.8) is 0 Å². The molecule has 2 heterocycles. The number of rotatable bonds is 4. The van der Waals surface area contributed by atoms with Crippen molar-refractivity contribution in [2.45, 2.75) is 25.8 Å². The van der Waals surface area contributed by atoms with Crippen LogP contribution >= 0.6 is 0 Å². The van der Waals surface area contributed by atoms with E-state index in [0.717, 1.165) is 25.1 Å². The summed E-state index contributed by atoms with van der Waals surface area (Å²) < 4.78 is 24.7. The van der Waals surface area contributed by atoms with Crippen LogP contribution in [-0.4, -0.2) is 36.3 Å². The van der Waals surface area contributed by atoms with Gasteiger partial charge < -0.3 is 14.8 Å². The summed E-state index contributed by atoms with van der Waals surface area (Å²) in [5, 5.41) is 3.27. The van der Waals surface area contributed by atoms with Crippen LogP contribution in [0.25, 0.3) is 11.1 Å². The van der Waals surface area contributed by atoms with Gasteiger partial charge in [-0.25, -0.2) is 14.4 Å². The Morgan fingerprint density at radius 1 is 1.35 bits per heavy atom. The molecule has 122 valence electrons. The van der Waals surface area contributed by atoms with Crippen LogP contribution < -0.4 is 10.1 Å². The average Bonchev–Trinajstić information content (AvgIpc) is 2.56. The Morgan fingerprint density at radius 2 is 2.22 bits per heavy atom. The predicted molar refractivity (Wildman–Crippen MR) is 86.2 cm³/mol. The highest BCUT2D eigenvalue weighted by Crippen LogP contribution is 2.28. The maximum Gasteiger partial charge on any atom is 0.223 e. The van der Waals surface area contributed by atoms with Crippen molar-refractivity contribution < 1.29 is 13.9 Å². The summed E-state index contributed by atoms with van der Waals surface area (Å²) in [5.41, 5.74) is 1.87. The number of ether oxygens (including phenoxy) is 2. The molecule has 0 aliphatic carbocycles. The number of nitrogens with zero attached hydrogens (tertiary/aromatic N) is 2. The van der Waals surface area contributed by atoms with Crippen LogP contribution in [0.3, 0.4) is 0 Å². The van der Waals surface area contributed by atoms with Gasteiger partial charge in [-0.3, -0.25) is 0 Å². The van der Waals surface area contributed by atoms with Crippen LogP contribution in [0.4, 0.5) is 10.3 Å². The number of halogens is 1. The average molecular weight is 317 g/mol. The molecule has 3 rings (SSSR count). The van der Waals surface area contributed by atoms with Crippen LogP contribution in [-0.2, 0) is 4.74 Å². The van der Waals surface area contributed by atoms with E-state index in [0.29, 0.717) is 29.4 Å². The van der Waals surface area contributed by atoms with Crippen molar-refractivity contribution in [3.05, 3.63) is 35.9 Å². The lowest BCUT2D eigenvalue weighted by Gasteiger charge is -2.23. The summed E-state index contributed by atoms with van der Waals surface area (Å²) in [4.78, 5) is 8.77. The summed E-state index contributed by atoms with van der Waals surface area (Å²) >= 11 is 0. The third-order valence-corrected chi connectivity index (χ3v) is 3.94. The smallest absolute Gasteiger partial charge is 0.223 e. The molecular formula is C17H20FN3O2. The van der Waals surface area contributed by atoms with E-state index in [2.05, 4.69) is 15.3 Å². The van der Waals surface area contributed by atoms with Gasteiger partial charge in [0.1, 0.15) is 11.6 Å². The Bertz CT molecular complexity index is 688. The summed E-state index contributed by atoms with van der Waals surface area (Å²) in [6.07, 6.45) is 3.72. The summed E-state index contributed by atoms with van der Waals surface area (Å²) in [7, 11) is 1.51. The second kappa shape index (κ2) is 6.91. The van der Waals surface area contributed by atoms with Crippen molar-refractivity contribution in [1.82, 2.24) is 9.97 Å². The summed E-state index contributed by atoms with van der Waals surface area (Å²) in [5.74, 6) is 0.688. The fourth-order valence-corrected chi connectivity index (χ4v) is 2.68. The van der Waals surface area contributed by atoms with E-state index in [-0.39, 0.29) is 11.9 Å². The van der Waals surface area contributed by atoms with E-state index >= 15 is 0 Å². The Labute approximate surface area is 134 Å². The molecule has 0 amide bonds. The van der Waals surface area contributed by atoms with E-state index in [1.807, 2.05) is 6.92 Å². The monoisotopic (exact) mass is 317 g/mol. The molecule has 1 aliphatic rings. The van der Waals surface area contributed by atoms with E-state index < -0.39 is 0 Å². The molecule has 6 heteroatoms. The van der Waals surface area contributed by atoms with E-state index in [1.165, 1.54) is 13.2 Å². The third-order valence-electron chi connectivity index (χ3n) is 3.94. The van der Waals surface area contributed by atoms with E-state index in [4.69, 9.17) is 9.47 Å². The summed E-state index contributed by atoms with van der Waals surface area (Å²) in [6, 6.07) is 5.00. The molecule has 1 atom stereocenters. The van der Waals surface area contributed by atoms with Crippen LogP contribution in [0.1, 0.15) is 18.5 Å². The van der Waals surface area contributed by atoms with Crippen LogP contribution in [0.5, 0.6) is 5.75 Å². The number of hydrogen-bond acceptors (Lipinski definition) is 5. The molecule has 2 aromatic rings. The maximum atomic E-state index is 14.2. The zero-order valence-corrected chi connectivity index (χ0v) is 13.3. The fourth-order valence-electron chi connectivity index (χ4n) is 2.68. The molecule has 0 radical (unpaired) electrons. The number of methoxy groups -OCH3 is 1. The van der Waals surface area contributed by atoms with Crippen LogP contribution in [0.2, 0.25) is 0 Å². The molecule has 0 bridgehead atoms. The minimum atomic E-state index is -0.350. The van der Waals surface area contributed by atoms with Gasteiger partial charge in [-0.15, -0.1) is 0 Å². The Kier molecular flexibility index (Phi) is 4.71. The van der Waals surface area contributed by atoms with Crippen molar-refractivity contribution in [1.29, 1.82) is 0 Å². The number of nitrogens with one attached hydrogen (secondary N) is 1. The molecule has 0 spiro atoms. The highest BCUT2D eigenvalue weighted by atomic mass is 19.1. The molecule has 1 aliphatic heterocycles. The quantitative estimate of drug-likeness (QED) is 0.938. The first kappa shape index (κ1) is 15.7. The second-order valence-electron chi connectivity index (χ2n) is 5.60. The normalized spacial score (nSPS) is 17.8. The SMILES string of the molecule is COc1ccc(-c2cnc(NC3CCCOC3)nc2C)c(F)c1. The molecule has 5 nitrogen and oxygen atoms in total. The number of anilines is 1. The number of aryl methyl sites for hydroxylation is 1. The minimum absolute atomic E-state index is 0.228. The molecular weight excluding hydrogens is 297 g/mol. The lowest BCUT2D eigenvalue weighted by molar-refractivity contribution is 0.0874. The Balaban J connectivity index is 1.81. The molecule has 23 heavy (non-hydrogen) atoms. The Morgan fingerprint density at radius 3 is 2.87 bits per heavy atom. The largest absolute Gasteiger partial charge is 0.497 e. The van der Waals surface area contributed by atoms with Gasteiger partial charge in [-0.05, 0) is 31.9 Å². The predicted octanol–water partition coefficient (Wildman–Crippen LogP) is 3.19. The molecule has 1 N–H and O–H groups in total. The molecule has 0 saturated carbocycles. The first-order chi connectivity index (χ1) is 11.2. The minimum Gasteiger partial charge on any atom is -0.497 e. The van der Waals surface area contributed by atoms with Crippen molar-refractivity contribution >= 4 is 5.95 Å². The third kappa shape index (κ3) is 3.59. The lowest BCUT2D eigenvalue weighted by Crippen LogP contribution is -2.30. The first-order valence-electron chi connectivity index (χ1n) is 7.69. The van der Waals surface area contributed by atoms with Crippen molar-refractivity contribution in [2.75, 3.05) is 25.6 Å². The molecule has 1 aromatic heterocycles. The topological polar surface area (TPSA) is 56.3 Å². The van der Waals surface area contributed by atoms with Crippen molar-refractivity contribution in [2.24, 2.45) is 0 Å². The van der Waals surface area contributed by atoms with Crippen LogP contribution in [0, 0.1) is 12.7 Å². The standard InChI is InChI=1S/C17H20FN3O2/c1-11-15(14-6-5-13(22-2)8-16(14)18)9-19-17(20-11)21-12-4-3-7-23-10-12/h5-6,8-9,12H,3-4,7,10H2,1-2H3,(H,19,20,21). The highest BCUT2D eigenvalue weighted by Gasteiger charge is 2.16. The number of hydrogen-bond donors (Lipinski definition) is 1. The number of benzene rings is 1. The summed E-state index contributed by atoms with van der Waals surface area (Å²) in [6.45, 7) is 3.33. The van der Waals surface area contributed by atoms with E-state index in [1.54, 1.807) is 18.3 Å². The fraction of sp³-hybridized carbons (Fsp3) is 0.412. The van der Waals surface area contributed by atoms with E-state index in [9.17, 15) is 4.39 Å². The molecule has 1 unspecified atom stereocenters. The van der Waals surface area contributed by atoms with Crippen molar-refractivity contribution in [3.8, 4) is 16.9 Å². The molecule has 1 aromatic carbocycles. The van der Waals surface area contributed by atoms with Gasteiger partial charge in [-0.2, -0.15) is 0 Å². The Hall–Kier alpha value is -2.21. The second-order valence-corrected chi connectivity index (χ2v) is 5.60. The lowest BCUT2D eigenvalue weighted by atomic mass is 10.1. The van der Waals surface area contributed by atoms with Gasteiger partial charge in [-0.1, -0.05) is 0 Å². The maximum absolute atomic E-state index is 14.2. The number of aromatic nitrogens is 2. The van der Waals surface area contributed by atoms with Gasteiger partial charge in [0.25, 0.3) is 0 Å². The zero-order chi connectivity index (χ0) is 16.2. The van der Waals surface area contributed by atoms with Gasteiger partial charge in [0.2, 0.25) is 5.95 Å². The van der Waals surface area contributed by atoms with Gasteiger partial charge in [0, 0.05) is 30.0 Å². The van der Waals surface area contributed by atoms with Gasteiger partial charge in [0.05, 0.1) is 25.5 Å². The van der Waals surface area contributed by atoms with Gasteiger partial charge >= 0.3 is 0 Å². The van der Waals surface area contributed by atoms with Crippen LogP contribution in [0.15, 0.2) is 24.4 Å².